The number of anilines is 1. The minimum Gasteiger partial charge on any atom is -0.371 e. The summed E-state index contributed by atoms with van der Waals surface area (Å²) in [7, 11) is 2.18. The average Bonchev–Trinajstić information content (AvgIpc) is 2.82. The van der Waals surface area contributed by atoms with Gasteiger partial charge < -0.3 is 10.2 Å². The molecule has 0 bridgehead atoms. The molecule has 1 N–H and O–H groups in total. The van der Waals surface area contributed by atoms with Crippen molar-refractivity contribution in [2.45, 2.75) is 44.7 Å². The van der Waals surface area contributed by atoms with E-state index in [1.54, 1.807) is 0 Å². The van der Waals surface area contributed by atoms with Crippen molar-refractivity contribution in [2.75, 3.05) is 18.5 Å². The van der Waals surface area contributed by atoms with E-state index in [1.807, 2.05) is 6.20 Å². The van der Waals surface area contributed by atoms with Crippen LogP contribution < -0.4 is 10.2 Å². The number of para-hydroxylation sites is 1. The number of pyridine rings is 1. The molecular weight excluding hydrogens is 282 g/mol. The summed E-state index contributed by atoms with van der Waals surface area (Å²) in [6.45, 7) is 3.30. The fourth-order valence-corrected chi connectivity index (χ4v) is 3.30. The number of fused-ring (bicyclic) bond motifs is 1. The highest BCUT2D eigenvalue weighted by molar-refractivity contribution is 5.46. The van der Waals surface area contributed by atoms with Gasteiger partial charge >= 0.3 is 0 Å². The van der Waals surface area contributed by atoms with E-state index in [0.717, 1.165) is 19.4 Å². The van der Waals surface area contributed by atoms with E-state index < -0.39 is 0 Å². The van der Waals surface area contributed by atoms with Crippen LogP contribution in [0, 0.1) is 0 Å². The van der Waals surface area contributed by atoms with Crippen molar-refractivity contribution in [1.29, 1.82) is 0 Å². The molecule has 0 amide bonds. The van der Waals surface area contributed by atoms with Gasteiger partial charge in [0.25, 0.3) is 0 Å². The first kappa shape index (κ1) is 16.0. The number of aryl methyl sites for hydroxylation is 2. The first-order chi connectivity index (χ1) is 11.2. The summed E-state index contributed by atoms with van der Waals surface area (Å²) in [5.74, 6) is 0. The van der Waals surface area contributed by atoms with Crippen molar-refractivity contribution in [1.82, 2.24) is 10.3 Å². The molecule has 2 unspecified atom stereocenters. The molecule has 1 aromatic carbocycles. The van der Waals surface area contributed by atoms with Crippen LogP contribution in [0.2, 0.25) is 0 Å². The zero-order valence-electron chi connectivity index (χ0n) is 14.2. The Morgan fingerprint density at radius 2 is 1.91 bits per heavy atom. The van der Waals surface area contributed by atoms with Gasteiger partial charge in [-0.3, -0.25) is 4.98 Å². The van der Waals surface area contributed by atoms with E-state index in [4.69, 9.17) is 0 Å². The molecule has 0 saturated carbocycles. The topological polar surface area (TPSA) is 28.2 Å². The molecule has 3 nitrogen and oxygen atoms in total. The molecule has 0 spiro atoms. The fourth-order valence-electron chi connectivity index (χ4n) is 3.30. The maximum Gasteiger partial charge on any atom is 0.0436 e. The minimum atomic E-state index is 0.473. The molecule has 2 aromatic rings. The lowest BCUT2D eigenvalue weighted by Crippen LogP contribution is -2.42. The van der Waals surface area contributed by atoms with Crippen LogP contribution in [0.3, 0.4) is 0 Å². The lowest BCUT2D eigenvalue weighted by atomic mass is 10.1. The Morgan fingerprint density at radius 3 is 2.74 bits per heavy atom. The van der Waals surface area contributed by atoms with Crippen LogP contribution in [0.1, 0.15) is 31.0 Å². The Kier molecular flexibility index (Phi) is 5.29. The van der Waals surface area contributed by atoms with Crippen molar-refractivity contribution >= 4 is 5.69 Å². The van der Waals surface area contributed by atoms with Crippen LogP contribution in [-0.4, -0.2) is 30.7 Å². The number of nitrogens with one attached hydrogen (secondary N) is 1. The quantitative estimate of drug-likeness (QED) is 0.858. The van der Waals surface area contributed by atoms with Gasteiger partial charge in [0.1, 0.15) is 0 Å². The van der Waals surface area contributed by atoms with Gasteiger partial charge in [-0.05, 0) is 56.4 Å². The van der Waals surface area contributed by atoms with Crippen molar-refractivity contribution in [2.24, 2.45) is 0 Å². The molecule has 3 rings (SSSR count). The van der Waals surface area contributed by atoms with Gasteiger partial charge in [-0.25, -0.2) is 0 Å². The van der Waals surface area contributed by atoms with Crippen LogP contribution in [0.5, 0.6) is 0 Å². The number of hydrogen-bond acceptors (Lipinski definition) is 3. The third kappa shape index (κ3) is 4.11. The van der Waals surface area contributed by atoms with Gasteiger partial charge in [-0.1, -0.05) is 24.3 Å². The van der Waals surface area contributed by atoms with Gasteiger partial charge in [0.05, 0.1) is 0 Å². The van der Waals surface area contributed by atoms with Crippen molar-refractivity contribution in [3.8, 4) is 0 Å². The van der Waals surface area contributed by atoms with Gasteiger partial charge in [0.2, 0.25) is 0 Å². The Labute approximate surface area is 139 Å². The van der Waals surface area contributed by atoms with Crippen molar-refractivity contribution in [3.05, 3.63) is 59.9 Å². The predicted molar refractivity (Wildman–Crippen MR) is 97.0 cm³/mol. The Morgan fingerprint density at radius 1 is 1.13 bits per heavy atom. The minimum absolute atomic E-state index is 0.473. The summed E-state index contributed by atoms with van der Waals surface area (Å²) in [6.07, 6.45) is 6.55. The second kappa shape index (κ2) is 7.60. The van der Waals surface area contributed by atoms with E-state index >= 15 is 0 Å². The molecule has 3 heteroatoms. The van der Waals surface area contributed by atoms with E-state index in [1.165, 1.54) is 29.8 Å². The first-order valence-electron chi connectivity index (χ1n) is 8.68. The highest BCUT2D eigenvalue weighted by Gasteiger charge is 2.18. The standard InChI is InChI=1S/C20H27N3/c1-16(23(2)19-8-4-3-5-9-19)15-22-18-11-10-17-7-6-14-21-20(17)13-12-18/h3-9,14,16,18,22H,10-13,15H2,1-2H3. The third-order valence-corrected chi connectivity index (χ3v) is 5.00. The summed E-state index contributed by atoms with van der Waals surface area (Å²) in [4.78, 5) is 6.89. The molecule has 0 fully saturated rings. The van der Waals surface area contributed by atoms with Gasteiger partial charge in [-0.2, -0.15) is 0 Å². The van der Waals surface area contributed by atoms with Gasteiger partial charge in [0.15, 0.2) is 0 Å². The fraction of sp³-hybridized carbons (Fsp3) is 0.450. The number of nitrogens with zero attached hydrogens (tertiary/aromatic N) is 2. The number of aromatic nitrogens is 1. The first-order valence-corrected chi connectivity index (χ1v) is 8.68. The van der Waals surface area contributed by atoms with Crippen LogP contribution in [-0.2, 0) is 12.8 Å². The van der Waals surface area contributed by atoms with E-state index in [9.17, 15) is 0 Å². The molecule has 0 radical (unpaired) electrons. The maximum atomic E-state index is 4.54. The maximum absolute atomic E-state index is 4.54. The second-order valence-electron chi connectivity index (χ2n) is 6.59. The molecule has 1 heterocycles. The van der Waals surface area contributed by atoms with Gasteiger partial charge in [-0.15, -0.1) is 0 Å². The highest BCUT2D eigenvalue weighted by atomic mass is 15.2. The second-order valence-corrected chi connectivity index (χ2v) is 6.59. The lowest BCUT2D eigenvalue weighted by Gasteiger charge is -2.29. The molecular formula is C20H27N3. The highest BCUT2D eigenvalue weighted by Crippen LogP contribution is 2.19. The normalized spacial score (nSPS) is 18.8. The summed E-state index contributed by atoms with van der Waals surface area (Å²) < 4.78 is 0. The number of benzene rings is 1. The summed E-state index contributed by atoms with van der Waals surface area (Å²) in [5, 5.41) is 3.78. The summed E-state index contributed by atoms with van der Waals surface area (Å²) in [6, 6.07) is 16.0. The number of likely N-dealkylation sites (N-methyl/N-ethyl adjacent to an activating group) is 1. The van der Waals surface area contributed by atoms with Crippen molar-refractivity contribution < 1.29 is 0 Å². The largest absolute Gasteiger partial charge is 0.371 e. The average molecular weight is 309 g/mol. The summed E-state index contributed by atoms with van der Waals surface area (Å²) in [5.41, 5.74) is 4.01. The van der Waals surface area contributed by atoms with Crippen LogP contribution in [0.15, 0.2) is 48.7 Å². The van der Waals surface area contributed by atoms with Crippen LogP contribution >= 0.6 is 0 Å². The van der Waals surface area contributed by atoms with Gasteiger partial charge in [0, 0.05) is 43.3 Å². The predicted octanol–water partition coefficient (Wildman–Crippen LogP) is 3.44. The Balaban J connectivity index is 1.51. The molecule has 0 saturated heterocycles. The lowest BCUT2D eigenvalue weighted by molar-refractivity contribution is 0.443. The Bertz CT molecular complexity index is 584. The van der Waals surface area contributed by atoms with Crippen LogP contribution in [0.4, 0.5) is 5.69 Å². The summed E-state index contributed by atoms with van der Waals surface area (Å²) >= 11 is 0. The zero-order chi connectivity index (χ0) is 16.1. The molecule has 1 aromatic heterocycles. The van der Waals surface area contributed by atoms with E-state index in [2.05, 4.69) is 71.6 Å². The number of hydrogen-bond donors (Lipinski definition) is 1. The van der Waals surface area contributed by atoms with E-state index in [-0.39, 0.29) is 0 Å². The smallest absolute Gasteiger partial charge is 0.0436 e. The molecule has 1 aliphatic rings. The third-order valence-electron chi connectivity index (χ3n) is 5.00. The molecule has 1 aliphatic carbocycles. The Hall–Kier alpha value is -1.87. The molecule has 122 valence electrons. The van der Waals surface area contributed by atoms with Crippen molar-refractivity contribution in [3.63, 3.8) is 0 Å². The van der Waals surface area contributed by atoms with E-state index in [0.29, 0.717) is 12.1 Å². The van der Waals surface area contributed by atoms with Crippen LogP contribution in [0.25, 0.3) is 0 Å². The number of rotatable bonds is 5. The molecule has 2 atom stereocenters. The SMILES string of the molecule is CC(CNC1CCc2cccnc2CC1)N(C)c1ccccc1. The molecule has 23 heavy (non-hydrogen) atoms. The zero-order valence-corrected chi connectivity index (χ0v) is 14.2. The monoisotopic (exact) mass is 309 g/mol. The molecule has 0 aliphatic heterocycles.